The van der Waals surface area contributed by atoms with Crippen LogP contribution in [0.2, 0.25) is 0 Å². The fourth-order valence-corrected chi connectivity index (χ4v) is 1.90. The Hall–Kier alpha value is -1.04. The maximum absolute atomic E-state index is 11.8. The SMILES string of the molecule is CC(O)CC(C)(C)CNC(=O)c1coc(CN)c1.Cl. The molecule has 6 heteroatoms. The smallest absolute Gasteiger partial charge is 0.254 e. The van der Waals surface area contributed by atoms with E-state index >= 15 is 0 Å². The van der Waals surface area contributed by atoms with E-state index in [1.165, 1.54) is 6.26 Å². The normalized spacial score (nSPS) is 12.7. The van der Waals surface area contributed by atoms with E-state index in [0.717, 1.165) is 0 Å². The Morgan fingerprint density at radius 2 is 2.21 bits per heavy atom. The van der Waals surface area contributed by atoms with Crippen molar-refractivity contribution in [3.63, 3.8) is 0 Å². The van der Waals surface area contributed by atoms with E-state index in [9.17, 15) is 9.90 Å². The molecule has 1 heterocycles. The zero-order valence-corrected chi connectivity index (χ0v) is 12.4. The minimum Gasteiger partial charge on any atom is -0.467 e. The van der Waals surface area contributed by atoms with Gasteiger partial charge in [0.15, 0.2) is 0 Å². The molecule has 0 aliphatic rings. The molecule has 1 unspecified atom stereocenters. The Kier molecular flexibility index (Phi) is 7.11. The summed E-state index contributed by atoms with van der Waals surface area (Å²) in [5.41, 5.74) is 5.73. The molecule has 1 aromatic rings. The van der Waals surface area contributed by atoms with Gasteiger partial charge in [0.2, 0.25) is 0 Å². The Balaban J connectivity index is 0.00000324. The van der Waals surface area contributed by atoms with Gasteiger partial charge in [-0.3, -0.25) is 4.79 Å². The average molecular weight is 291 g/mol. The molecule has 19 heavy (non-hydrogen) atoms. The van der Waals surface area contributed by atoms with Crippen LogP contribution in [0.3, 0.4) is 0 Å². The second kappa shape index (κ2) is 7.53. The van der Waals surface area contributed by atoms with Gasteiger partial charge in [0, 0.05) is 6.54 Å². The van der Waals surface area contributed by atoms with Gasteiger partial charge in [-0.1, -0.05) is 13.8 Å². The number of hydrogen-bond acceptors (Lipinski definition) is 4. The highest BCUT2D eigenvalue weighted by atomic mass is 35.5. The highest BCUT2D eigenvalue weighted by molar-refractivity contribution is 5.93. The van der Waals surface area contributed by atoms with Crippen LogP contribution in [0.1, 0.15) is 43.3 Å². The van der Waals surface area contributed by atoms with Crippen molar-refractivity contribution in [2.75, 3.05) is 6.54 Å². The number of nitrogens with two attached hydrogens (primary N) is 1. The lowest BCUT2D eigenvalue weighted by molar-refractivity contribution is 0.0901. The molecule has 0 aromatic carbocycles. The third-order valence-corrected chi connectivity index (χ3v) is 2.69. The highest BCUT2D eigenvalue weighted by Crippen LogP contribution is 2.21. The van der Waals surface area contributed by atoms with Crippen LogP contribution in [0.5, 0.6) is 0 Å². The number of carbonyl (C=O) groups is 1. The van der Waals surface area contributed by atoms with Crippen LogP contribution in [-0.4, -0.2) is 23.7 Å². The Labute approximate surface area is 120 Å². The summed E-state index contributed by atoms with van der Waals surface area (Å²) in [6.45, 7) is 6.52. The van der Waals surface area contributed by atoms with Gasteiger partial charge < -0.3 is 20.6 Å². The molecular formula is C13H23ClN2O3. The van der Waals surface area contributed by atoms with Crippen molar-refractivity contribution in [1.29, 1.82) is 0 Å². The number of carbonyl (C=O) groups excluding carboxylic acids is 1. The maximum atomic E-state index is 11.8. The first-order chi connectivity index (χ1) is 8.34. The molecule has 0 aliphatic heterocycles. The molecule has 0 saturated carbocycles. The van der Waals surface area contributed by atoms with Crippen LogP contribution in [0.4, 0.5) is 0 Å². The lowest BCUT2D eigenvalue weighted by atomic mass is 9.87. The number of nitrogens with one attached hydrogen (secondary N) is 1. The fraction of sp³-hybridized carbons (Fsp3) is 0.615. The van der Waals surface area contributed by atoms with Crippen LogP contribution in [0.25, 0.3) is 0 Å². The summed E-state index contributed by atoms with van der Waals surface area (Å²) in [5, 5.41) is 12.2. The van der Waals surface area contributed by atoms with Gasteiger partial charge in [0.05, 0.1) is 18.2 Å². The van der Waals surface area contributed by atoms with Crippen molar-refractivity contribution >= 4 is 18.3 Å². The van der Waals surface area contributed by atoms with Crippen molar-refractivity contribution < 1.29 is 14.3 Å². The Bertz CT molecular complexity index is 402. The lowest BCUT2D eigenvalue weighted by Gasteiger charge is -2.26. The standard InChI is InChI=1S/C13H22N2O3.ClH/c1-9(16)5-13(2,3)8-15-12(17)10-4-11(6-14)18-7-10;/h4,7,9,16H,5-6,8,14H2,1-3H3,(H,15,17);1H. The molecule has 1 amide bonds. The molecule has 1 rings (SSSR count). The minimum atomic E-state index is -0.380. The second-order valence-corrected chi connectivity index (χ2v) is 5.41. The highest BCUT2D eigenvalue weighted by Gasteiger charge is 2.21. The van der Waals surface area contributed by atoms with Gasteiger partial charge in [-0.05, 0) is 24.8 Å². The van der Waals surface area contributed by atoms with Gasteiger partial charge in [-0.15, -0.1) is 12.4 Å². The Morgan fingerprint density at radius 3 is 2.68 bits per heavy atom. The van der Waals surface area contributed by atoms with E-state index in [1.54, 1.807) is 13.0 Å². The molecule has 0 bridgehead atoms. The van der Waals surface area contributed by atoms with E-state index in [-0.39, 0.29) is 36.4 Å². The van der Waals surface area contributed by atoms with E-state index in [0.29, 0.717) is 24.3 Å². The van der Waals surface area contributed by atoms with E-state index in [4.69, 9.17) is 10.2 Å². The van der Waals surface area contributed by atoms with E-state index in [2.05, 4.69) is 5.32 Å². The van der Waals surface area contributed by atoms with Crippen molar-refractivity contribution in [2.45, 2.75) is 39.8 Å². The fourth-order valence-electron chi connectivity index (χ4n) is 1.90. The minimum absolute atomic E-state index is 0. The summed E-state index contributed by atoms with van der Waals surface area (Å²) in [4.78, 5) is 11.8. The molecule has 1 atom stereocenters. The summed E-state index contributed by atoms with van der Waals surface area (Å²) in [6, 6.07) is 1.64. The van der Waals surface area contributed by atoms with E-state index < -0.39 is 0 Å². The van der Waals surface area contributed by atoms with Crippen LogP contribution in [0, 0.1) is 5.41 Å². The van der Waals surface area contributed by atoms with Crippen molar-refractivity contribution in [1.82, 2.24) is 5.32 Å². The number of aliphatic hydroxyl groups is 1. The maximum Gasteiger partial charge on any atom is 0.254 e. The van der Waals surface area contributed by atoms with Crippen LogP contribution in [0.15, 0.2) is 16.7 Å². The molecule has 4 N–H and O–H groups in total. The molecule has 0 aliphatic carbocycles. The van der Waals surface area contributed by atoms with Gasteiger partial charge in [-0.25, -0.2) is 0 Å². The topological polar surface area (TPSA) is 88.5 Å². The molecule has 0 saturated heterocycles. The van der Waals surface area contributed by atoms with Crippen molar-refractivity contribution in [2.24, 2.45) is 11.1 Å². The first-order valence-electron chi connectivity index (χ1n) is 6.08. The van der Waals surface area contributed by atoms with Crippen LogP contribution in [-0.2, 0) is 6.54 Å². The van der Waals surface area contributed by atoms with E-state index in [1.807, 2.05) is 13.8 Å². The van der Waals surface area contributed by atoms with Crippen LogP contribution >= 0.6 is 12.4 Å². The molecule has 110 valence electrons. The van der Waals surface area contributed by atoms with Crippen molar-refractivity contribution in [3.8, 4) is 0 Å². The number of furan rings is 1. The molecule has 0 radical (unpaired) electrons. The molecule has 5 nitrogen and oxygen atoms in total. The third kappa shape index (κ3) is 6.09. The quantitative estimate of drug-likeness (QED) is 0.744. The van der Waals surface area contributed by atoms with Gasteiger partial charge in [0.25, 0.3) is 5.91 Å². The number of aliphatic hydroxyl groups excluding tert-OH is 1. The molecule has 0 fully saturated rings. The van der Waals surface area contributed by atoms with Crippen LogP contribution < -0.4 is 11.1 Å². The first kappa shape index (κ1) is 18.0. The summed E-state index contributed by atoms with van der Waals surface area (Å²) >= 11 is 0. The summed E-state index contributed by atoms with van der Waals surface area (Å²) in [5.74, 6) is 0.403. The number of halogens is 1. The third-order valence-electron chi connectivity index (χ3n) is 2.69. The van der Waals surface area contributed by atoms with Gasteiger partial charge in [0.1, 0.15) is 12.0 Å². The number of hydrogen-bond donors (Lipinski definition) is 3. The van der Waals surface area contributed by atoms with Crippen molar-refractivity contribution in [3.05, 3.63) is 23.7 Å². The predicted octanol–water partition coefficient (Wildman–Crippen LogP) is 1.69. The number of amides is 1. The van der Waals surface area contributed by atoms with Gasteiger partial charge in [-0.2, -0.15) is 0 Å². The monoisotopic (exact) mass is 290 g/mol. The summed E-state index contributed by atoms with van der Waals surface area (Å²) < 4.78 is 5.11. The molecular weight excluding hydrogens is 268 g/mol. The zero-order chi connectivity index (χ0) is 13.8. The second-order valence-electron chi connectivity index (χ2n) is 5.41. The Morgan fingerprint density at radius 1 is 1.58 bits per heavy atom. The molecule has 1 aromatic heterocycles. The van der Waals surface area contributed by atoms with Gasteiger partial charge >= 0.3 is 0 Å². The largest absolute Gasteiger partial charge is 0.467 e. The number of rotatable bonds is 6. The average Bonchev–Trinajstić information content (AvgIpc) is 2.72. The summed E-state index contributed by atoms with van der Waals surface area (Å²) in [7, 11) is 0. The molecule has 0 spiro atoms. The predicted molar refractivity (Wildman–Crippen MR) is 76.3 cm³/mol. The summed E-state index contributed by atoms with van der Waals surface area (Å²) in [6.07, 6.45) is 1.65. The lowest BCUT2D eigenvalue weighted by Crippen LogP contribution is -2.35. The zero-order valence-electron chi connectivity index (χ0n) is 11.6. The first-order valence-corrected chi connectivity index (χ1v) is 6.08.